The summed E-state index contributed by atoms with van der Waals surface area (Å²) in [4.78, 5) is 39.9. The molecule has 11 heteroatoms. The number of aliphatic carboxylic acids is 1. The molecule has 0 N–H and O–H groups in total. The van der Waals surface area contributed by atoms with Gasteiger partial charge in [0.25, 0.3) is 5.91 Å². The van der Waals surface area contributed by atoms with E-state index in [9.17, 15) is 27.9 Å². The third-order valence-corrected chi connectivity index (χ3v) is 7.29. The summed E-state index contributed by atoms with van der Waals surface area (Å²) in [5.74, 6) is -3.22. The van der Waals surface area contributed by atoms with E-state index >= 15 is 0 Å². The summed E-state index contributed by atoms with van der Waals surface area (Å²) in [5, 5.41) is 10.2. The fourth-order valence-electron chi connectivity index (χ4n) is 3.24. The molecule has 3 atom stereocenters. The molecular formula is C16H15N2NaO7S. The van der Waals surface area contributed by atoms with Gasteiger partial charge >= 0.3 is 35.5 Å². The molecule has 0 saturated carbocycles. The summed E-state index contributed by atoms with van der Waals surface area (Å²) >= 11 is 0. The largest absolute Gasteiger partial charge is 1.00 e. The van der Waals surface area contributed by atoms with Crippen molar-refractivity contribution >= 4 is 33.8 Å². The van der Waals surface area contributed by atoms with Crippen LogP contribution in [0.15, 0.2) is 30.0 Å². The summed E-state index contributed by atoms with van der Waals surface area (Å²) in [6.07, 6.45) is 2.79. The van der Waals surface area contributed by atoms with Crippen LogP contribution in [0.1, 0.15) is 19.5 Å². The molecule has 1 unspecified atom stereocenters. The molecule has 1 aromatic heterocycles. The molecule has 2 aliphatic rings. The van der Waals surface area contributed by atoms with Crippen LogP contribution in [0.3, 0.4) is 0 Å². The maximum Gasteiger partial charge on any atom is 1.00 e. The molecule has 3 heterocycles. The minimum atomic E-state index is -4.21. The Balaban J connectivity index is 0.00000261. The molecule has 1 amide bonds. The van der Waals surface area contributed by atoms with Gasteiger partial charge < -0.3 is 19.5 Å². The van der Waals surface area contributed by atoms with Crippen LogP contribution in [0.25, 0.3) is 6.08 Å². The van der Waals surface area contributed by atoms with Crippen LogP contribution >= 0.6 is 0 Å². The predicted octanol–water partition coefficient (Wildman–Crippen LogP) is -4.49. The monoisotopic (exact) mass is 402 g/mol. The molecule has 1 aromatic rings. The minimum Gasteiger partial charge on any atom is -0.548 e. The number of amides is 1. The standard InChI is InChI=1S/C16H16N2O7S.Na/c1-9(19)25-8-16(2)12(15(21)22)18-13(20)11(14(18)26(16,23)24)7-10-5-3-4-6-17-10;/h3-7,12,14H,8H2,1-2H3,(H,21,22);/q;+1/p-1/b11-7-;/t12-,14?,16-;/m0./s1. The molecule has 2 aliphatic heterocycles. The first-order valence-electron chi connectivity index (χ1n) is 7.64. The van der Waals surface area contributed by atoms with Crippen LogP contribution in [0.5, 0.6) is 0 Å². The Labute approximate surface area is 177 Å². The molecule has 0 aromatic carbocycles. The molecule has 0 bridgehead atoms. The van der Waals surface area contributed by atoms with Crippen molar-refractivity contribution in [1.29, 1.82) is 0 Å². The molecule has 0 radical (unpaired) electrons. The molecule has 138 valence electrons. The van der Waals surface area contributed by atoms with Gasteiger partial charge in [0.2, 0.25) is 0 Å². The third-order valence-electron chi connectivity index (χ3n) is 4.58. The number of carboxylic acids is 1. The molecule has 0 aliphatic carbocycles. The number of esters is 1. The van der Waals surface area contributed by atoms with Crippen molar-refractivity contribution in [2.75, 3.05) is 6.61 Å². The Morgan fingerprint density at radius 1 is 1.41 bits per heavy atom. The van der Waals surface area contributed by atoms with E-state index in [2.05, 4.69) is 4.98 Å². The summed E-state index contributed by atoms with van der Waals surface area (Å²) < 4.78 is 28.8. The number of β-lactam (4-membered cyclic amide) rings is 1. The van der Waals surface area contributed by atoms with Gasteiger partial charge in [-0.3, -0.25) is 14.6 Å². The van der Waals surface area contributed by atoms with Gasteiger partial charge in [0, 0.05) is 13.1 Å². The van der Waals surface area contributed by atoms with E-state index in [-0.39, 0.29) is 35.1 Å². The van der Waals surface area contributed by atoms with Gasteiger partial charge in [-0.05, 0) is 25.1 Å². The average Bonchev–Trinajstić information content (AvgIpc) is 2.74. The normalized spacial score (nSPS) is 29.5. The van der Waals surface area contributed by atoms with Crippen molar-refractivity contribution < 1.29 is 62.2 Å². The number of pyridine rings is 1. The number of sulfone groups is 1. The van der Waals surface area contributed by atoms with E-state index in [1.54, 1.807) is 18.2 Å². The first-order valence-corrected chi connectivity index (χ1v) is 9.19. The van der Waals surface area contributed by atoms with Crippen molar-refractivity contribution in [3.8, 4) is 0 Å². The predicted molar refractivity (Wildman–Crippen MR) is 85.6 cm³/mol. The van der Waals surface area contributed by atoms with Crippen molar-refractivity contribution in [3.05, 3.63) is 35.7 Å². The molecule has 9 nitrogen and oxygen atoms in total. The van der Waals surface area contributed by atoms with Crippen molar-refractivity contribution in [2.45, 2.75) is 30.0 Å². The van der Waals surface area contributed by atoms with Gasteiger partial charge in [-0.15, -0.1) is 0 Å². The zero-order valence-electron chi connectivity index (χ0n) is 14.9. The van der Waals surface area contributed by atoms with E-state index < -0.39 is 50.5 Å². The van der Waals surface area contributed by atoms with Crippen LogP contribution in [0.4, 0.5) is 0 Å². The summed E-state index contributed by atoms with van der Waals surface area (Å²) in [6.45, 7) is 1.52. The van der Waals surface area contributed by atoms with Gasteiger partial charge in [0.15, 0.2) is 15.2 Å². The molecule has 3 rings (SSSR count). The Hall–Kier alpha value is -1.75. The Morgan fingerprint density at radius 3 is 2.59 bits per heavy atom. The first-order chi connectivity index (χ1) is 12.1. The van der Waals surface area contributed by atoms with E-state index in [1.165, 1.54) is 12.3 Å². The Bertz CT molecular complexity index is 931. The number of carbonyl (C=O) groups is 3. The number of aromatic nitrogens is 1. The van der Waals surface area contributed by atoms with Gasteiger partial charge in [-0.2, -0.15) is 0 Å². The zero-order chi connectivity index (χ0) is 19.3. The number of fused-ring (bicyclic) bond motifs is 1. The number of ether oxygens (including phenoxy) is 1. The fourth-order valence-corrected chi connectivity index (χ4v) is 5.52. The van der Waals surface area contributed by atoms with Gasteiger partial charge in [-0.1, -0.05) is 6.07 Å². The van der Waals surface area contributed by atoms with Crippen molar-refractivity contribution in [3.63, 3.8) is 0 Å². The third kappa shape index (κ3) is 3.20. The fraction of sp³-hybridized carbons (Fsp3) is 0.375. The van der Waals surface area contributed by atoms with Crippen LogP contribution in [-0.2, 0) is 29.0 Å². The molecule has 2 fully saturated rings. The van der Waals surface area contributed by atoms with Crippen LogP contribution in [0, 0.1) is 0 Å². The maximum atomic E-state index is 13.0. The number of hydrogen-bond donors (Lipinski definition) is 0. The summed E-state index contributed by atoms with van der Waals surface area (Å²) in [6, 6.07) is 3.15. The van der Waals surface area contributed by atoms with Gasteiger partial charge in [0.05, 0.1) is 23.3 Å². The van der Waals surface area contributed by atoms with E-state index in [0.29, 0.717) is 5.69 Å². The van der Waals surface area contributed by atoms with Crippen molar-refractivity contribution in [2.24, 2.45) is 0 Å². The minimum absolute atomic E-state index is 0. The zero-order valence-corrected chi connectivity index (χ0v) is 17.7. The molecule has 0 spiro atoms. The first kappa shape index (κ1) is 21.5. The Morgan fingerprint density at radius 2 is 2.07 bits per heavy atom. The SMILES string of the molecule is CC(=O)OC[C@@]1(C)[C@H](C(=O)[O-])N2C(=O)/C(=C/c3ccccn3)C2S1(=O)=O.[Na+]. The van der Waals surface area contributed by atoms with E-state index in [0.717, 1.165) is 18.7 Å². The topological polar surface area (TPSA) is 134 Å². The van der Waals surface area contributed by atoms with Gasteiger partial charge in [-0.25, -0.2) is 8.42 Å². The Kier molecular flexibility index (Phi) is 5.86. The maximum absolute atomic E-state index is 13.0. The van der Waals surface area contributed by atoms with Crippen molar-refractivity contribution in [1.82, 2.24) is 9.88 Å². The number of carboxylic acid groups (broad SMARTS) is 1. The second kappa shape index (κ2) is 7.34. The number of rotatable bonds is 4. The number of carbonyl (C=O) groups excluding carboxylic acids is 3. The number of hydrogen-bond acceptors (Lipinski definition) is 8. The van der Waals surface area contributed by atoms with Crippen LogP contribution in [-0.4, -0.2) is 58.9 Å². The van der Waals surface area contributed by atoms with Gasteiger partial charge in [0.1, 0.15) is 11.4 Å². The van der Waals surface area contributed by atoms with E-state index in [4.69, 9.17) is 4.74 Å². The second-order valence-corrected chi connectivity index (χ2v) is 8.75. The quantitative estimate of drug-likeness (QED) is 0.213. The molecule has 27 heavy (non-hydrogen) atoms. The average molecular weight is 402 g/mol. The smallest absolute Gasteiger partial charge is 0.548 e. The second-order valence-electron chi connectivity index (χ2n) is 6.28. The van der Waals surface area contributed by atoms with Crippen LogP contribution < -0.4 is 34.7 Å². The summed E-state index contributed by atoms with van der Waals surface area (Å²) in [5.41, 5.74) is 0.283. The molecule has 2 saturated heterocycles. The number of nitrogens with zero attached hydrogens (tertiary/aromatic N) is 2. The van der Waals surface area contributed by atoms with E-state index in [1.807, 2.05) is 0 Å². The van der Waals surface area contributed by atoms with Crippen LogP contribution in [0.2, 0.25) is 0 Å². The molecular weight excluding hydrogens is 387 g/mol. The summed E-state index contributed by atoms with van der Waals surface area (Å²) in [7, 11) is -4.21.